The predicted octanol–water partition coefficient (Wildman–Crippen LogP) is 1.24. The number of amides is 1. The molecule has 1 amide bonds. The first kappa shape index (κ1) is 14.3. The zero-order valence-corrected chi connectivity index (χ0v) is 9.74. The van der Waals surface area contributed by atoms with Crippen molar-refractivity contribution in [2.45, 2.75) is 32.8 Å². The van der Waals surface area contributed by atoms with E-state index in [0.29, 0.717) is 0 Å². The van der Waals surface area contributed by atoms with Gasteiger partial charge < -0.3 is 15.2 Å². The van der Waals surface area contributed by atoms with Gasteiger partial charge in [0.15, 0.2) is 0 Å². The van der Waals surface area contributed by atoms with E-state index in [2.05, 4.69) is 11.2 Å². The maximum atomic E-state index is 11.2. The van der Waals surface area contributed by atoms with Gasteiger partial charge in [0.05, 0.1) is 5.92 Å². The van der Waals surface area contributed by atoms with Crippen LogP contribution in [0.15, 0.2) is 0 Å². The zero-order chi connectivity index (χ0) is 12.8. The van der Waals surface area contributed by atoms with Gasteiger partial charge in [-0.2, -0.15) is 0 Å². The Balaban J connectivity index is 4.08. The molecule has 5 heteroatoms. The van der Waals surface area contributed by atoms with Gasteiger partial charge in [-0.05, 0) is 20.8 Å². The third kappa shape index (κ3) is 6.71. The number of nitrogens with one attached hydrogen (secondary N) is 1. The molecule has 0 aliphatic heterocycles. The summed E-state index contributed by atoms with van der Waals surface area (Å²) in [6, 6.07) is 0. The molecule has 0 spiro atoms. The number of ether oxygens (including phenoxy) is 1. The number of alkyl carbamates (subject to hydrolysis) is 1. The lowest BCUT2D eigenvalue weighted by molar-refractivity contribution is -0.141. The van der Waals surface area contributed by atoms with E-state index in [0.717, 1.165) is 0 Å². The average Bonchev–Trinajstić information content (AvgIpc) is 2.08. The highest BCUT2D eigenvalue weighted by Crippen LogP contribution is 2.07. The van der Waals surface area contributed by atoms with Crippen molar-refractivity contribution in [2.75, 3.05) is 6.54 Å². The highest BCUT2D eigenvalue weighted by atomic mass is 16.6. The van der Waals surface area contributed by atoms with Crippen molar-refractivity contribution >= 4 is 12.1 Å². The molecule has 0 aromatic rings. The van der Waals surface area contributed by atoms with Crippen LogP contribution in [0.4, 0.5) is 4.79 Å². The van der Waals surface area contributed by atoms with E-state index in [1.54, 1.807) is 20.8 Å². The van der Waals surface area contributed by atoms with E-state index in [9.17, 15) is 9.59 Å². The molecule has 0 aromatic heterocycles. The van der Waals surface area contributed by atoms with Crippen molar-refractivity contribution in [2.24, 2.45) is 5.92 Å². The summed E-state index contributed by atoms with van der Waals surface area (Å²) in [5.41, 5.74) is -0.602. The maximum absolute atomic E-state index is 11.2. The number of carboxylic acid groups (broad SMARTS) is 1. The van der Waals surface area contributed by atoms with Crippen molar-refractivity contribution in [3.05, 3.63) is 0 Å². The molecule has 0 heterocycles. The number of carbonyl (C=O) groups excluding carboxylic acids is 1. The van der Waals surface area contributed by atoms with E-state index in [-0.39, 0.29) is 13.0 Å². The topological polar surface area (TPSA) is 75.6 Å². The first-order valence-corrected chi connectivity index (χ1v) is 4.89. The molecule has 1 atom stereocenters. The van der Waals surface area contributed by atoms with E-state index in [4.69, 9.17) is 16.3 Å². The van der Waals surface area contributed by atoms with Crippen LogP contribution in [0.1, 0.15) is 27.2 Å². The Morgan fingerprint density at radius 2 is 2.06 bits per heavy atom. The van der Waals surface area contributed by atoms with Crippen LogP contribution < -0.4 is 5.32 Å². The maximum Gasteiger partial charge on any atom is 0.407 e. The summed E-state index contributed by atoms with van der Waals surface area (Å²) in [6.07, 6.45) is 4.45. The standard InChI is InChI=1S/C11H17NO4/c1-5-6-8(9(13)14)7-12-10(15)16-11(2,3)4/h1,8H,6-7H2,2-4H3,(H,12,15)(H,13,14)/t8-/m0/s1. The van der Waals surface area contributed by atoms with Gasteiger partial charge in [0.2, 0.25) is 0 Å². The molecule has 5 nitrogen and oxygen atoms in total. The molecule has 0 saturated heterocycles. The van der Waals surface area contributed by atoms with Gasteiger partial charge >= 0.3 is 12.1 Å². The van der Waals surface area contributed by atoms with Crippen molar-refractivity contribution in [3.63, 3.8) is 0 Å². The summed E-state index contributed by atoms with van der Waals surface area (Å²) in [7, 11) is 0. The second-order valence-corrected chi connectivity index (χ2v) is 4.33. The molecule has 0 aliphatic carbocycles. The molecule has 16 heavy (non-hydrogen) atoms. The van der Waals surface area contributed by atoms with Gasteiger partial charge in [-0.25, -0.2) is 4.79 Å². The average molecular weight is 227 g/mol. The van der Waals surface area contributed by atoms with E-state index < -0.39 is 23.6 Å². The Morgan fingerprint density at radius 3 is 2.44 bits per heavy atom. The normalized spacial score (nSPS) is 12.4. The molecule has 0 rings (SSSR count). The van der Waals surface area contributed by atoms with Crippen LogP contribution in [0, 0.1) is 18.3 Å². The van der Waals surface area contributed by atoms with Crippen molar-refractivity contribution in [1.82, 2.24) is 5.32 Å². The van der Waals surface area contributed by atoms with Crippen molar-refractivity contribution in [1.29, 1.82) is 0 Å². The minimum atomic E-state index is -1.03. The highest BCUT2D eigenvalue weighted by Gasteiger charge is 2.20. The lowest BCUT2D eigenvalue weighted by Crippen LogP contribution is -2.37. The number of hydrogen-bond acceptors (Lipinski definition) is 3. The second-order valence-electron chi connectivity index (χ2n) is 4.33. The molecule has 0 aromatic carbocycles. The lowest BCUT2D eigenvalue weighted by Gasteiger charge is -2.20. The molecule has 90 valence electrons. The Morgan fingerprint density at radius 1 is 1.50 bits per heavy atom. The minimum absolute atomic E-state index is 0.0333. The molecule has 2 N–H and O–H groups in total. The first-order valence-electron chi connectivity index (χ1n) is 4.89. The molecule has 0 radical (unpaired) electrons. The molecule has 0 fully saturated rings. The van der Waals surface area contributed by atoms with Gasteiger partial charge in [0, 0.05) is 13.0 Å². The van der Waals surface area contributed by atoms with Crippen LogP contribution in [-0.2, 0) is 9.53 Å². The summed E-state index contributed by atoms with van der Waals surface area (Å²) in [5.74, 6) is 0.435. The number of aliphatic carboxylic acids is 1. The fourth-order valence-corrected chi connectivity index (χ4v) is 0.910. The van der Waals surface area contributed by atoms with Crippen molar-refractivity contribution < 1.29 is 19.4 Å². The number of hydrogen-bond donors (Lipinski definition) is 2. The van der Waals surface area contributed by atoms with Crippen molar-refractivity contribution in [3.8, 4) is 12.3 Å². The summed E-state index contributed by atoms with van der Waals surface area (Å²) >= 11 is 0. The second kappa shape index (κ2) is 6.01. The Hall–Kier alpha value is -1.70. The summed E-state index contributed by atoms with van der Waals surface area (Å²) in [6.45, 7) is 5.14. The Kier molecular flexibility index (Phi) is 5.37. The van der Waals surface area contributed by atoms with Crippen LogP contribution in [-0.4, -0.2) is 29.3 Å². The molecule has 0 saturated carbocycles. The largest absolute Gasteiger partial charge is 0.481 e. The van der Waals surface area contributed by atoms with Crippen LogP contribution in [0.25, 0.3) is 0 Å². The Bertz CT molecular complexity index is 298. The summed E-state index contributed by atoms with van der Waals surface area (Å²) in [4.78, 5) is 21.9. The molecule has 0 bridgehead atoms. The van der Waals surface area contributed by atoms with Gasteiger partial charge in [-0.1, -0.05) is 0 Å². The molecule has 0 unspecified atom stereocenters. The third-order valence-corrected chi connectivity index (χ3v) is 1.61. The quantitative estimate of drug-likeness (QED) is 0.708. The van der Waals surface area contributed by atoms with Gasteiger partial charge in [-0.15, -0.1) is 12.3 Å². The molecular weight excluding hydrogens is 210 g/mol. The summed E-state index contributed by atoms with van der Waals surface area (Å²) < 4.78 is 4.95. The van der Waals surface area contributed by atoms with E-state index >= 15 is 0 Å². The van der Waals surface area contributed by atoms with Crippen LogP contribution in [0.2, 0.25) is 0 Å². The number of rotatable bonds is 4. The lowest BCUT2D eigenvalue weighted by atomic mass is 10.1. The Labute approximate surface area is 95.2 Å². The van der Waals surface area contributed by atoms with Crippen LogP contribution in [0.3, 0.4) is 0 Å². The van der Waals surface area contributed by atoms with Gasteiger partial charge in [-0.3, -0.25) is 4.79 Å². The molecular formula is C11H17NO4. The fraction of sp³-hybridized carbons (Fsp3) is 0.636. The number of terminal acetylenes is 1. The van der Waals surface area contributed by atoms with Gasteiger partial charge in [0.25, 0.3) is 0 Å². The van der Waals surface area contributed by atoms with Crippen LogP contribution in [0.5, 0.6) is 0 Å². The number of carbonyl (C=O) groups is 2. The summed E-state index contributed by atoms with van der Waals surface area (Å²) in [5, 5.41) is 11.1. The SMILES string of the molecule is C#CC[C@@H](CNC(=O)OC(C)(C)C)C(=O)O. The monoisotopic (exact) mass is 227 g/mol. The number of carboxylic acids is 1. The first-order chi connectivity index (χ1) is 7.26. The van der Waals surface area contributed by atoms with Crippen LogP contribution >= 0.6 is 0 Å². The van der Waals surface area contributed by atoms with E-state index in [1.807, 2.05) is 0 Å². The van der Waals surface area contributed by atoms with Gasteiger partial charge in [0.1, 0.15) is 5.60 Å². The smallest absolute Gasteiger partial charge is 0.407 e. The van der Waals surface area contributed by atoms with E-state index in [1.165, 1.54) is 0 Å². The molecule has 0 aliphatic rings. The fourth-order valence-electron chi connectivity index (χ4n) is 0.910. The predicted molar refractivity (Wildman–Crippen MR) is 58.8 cm³/mol. The zero-order valence-electron chi connectivity index (χ0n) is 9.74. The third-order valence-electron chi connectivity index (χ3n) is 1.61. The highest BCUT2D eigenvalue weighted by molar-refractivity contribution is 5.73. The minimum Gasteiger partial charge on any atom is -0.481 e.